The Balaban J connectivity index is 3.22. The highest BCUT2D eigenvalue weighted by Gasteiger charge is 2.29. The molecular weight excluding hydrogens is 278 g/mol. The minimum atomic E-state index is -4.24. The topological polar surface area (TPSA) is 81.4 Å². The Morgan fingerprint density at radius 1 is 1.37 bits per heavy atom. The SMILES string of the molecule is COCC(C)(C)NS(=O)(=O)c1cc(N)cc(F)c1F. The first-order chi connectivity index (χ1) is 8.59. The van der Waals surface area contributed by atoms with Crippen molar-refractivity contribution in [3.8, 4) is 0 Å². The predicted molar refractivity (Wildman–Crippen MR) is 67.0 cm³/mol. The molecular formula is C11H16F2N2O3S. The number of benzene rings is 1. The summed E-state index contributed by atoms with van der Waals surface area (Å²) in [5.41, 5.74) is 4.18. The molecule has 0 saturated heterocycles. The van der Waals surface area contributed by atoms with Gasteiger partial charge in [-0.2, -0.15) is 0 Å². The van der Waals surface area contributed by atoms with Gasteiger partial charge in [0.15, 0.2) is 11.6 Å². The molecule has 3 N–H and O–H groups in total. The zero-order valence-electron chi connectivity index (χ0n) is 10.8. The molecule has 0 radical (unpaired) electrons. The molecule has 0 aliphatic heterocycles. The van der Waals surface area contributed by atoms with Gasteiger partial charge in [0.25, 0.3) is 0 Å². The van der Waals surface area contributed by atoms with Gasteiger partial charge in [-0.05, 0) is 26.0 Å². The number of halogens is 2. The first-order valence-corrected chi connectivity index (χ1v) is 6.85. The number of methoxy groups -OCH3 is 1. The van der Waals surface area contributed by atoms with Crippen LogP contribution in [0.5, 0.6) is 0 Å². The number of nitrogens with two attached hydrogens (primary N) is 1. The molecule has 0 aromatic heterocycles. The summed E-state index contributed by atoms with van der Waals surface area (Å²) in [4.78, 5) is -0.825. The fourth-order valence-corrected chi connectivity index (χ4v) is 3.11. The summed E-state index contributed by atoms with van der Waals surface area (Å²) in [6, 6.07) is 1.58. The molecule has 0 aliphatic carbocycles. The summed E-state index contributed by atoms with van der Waals surface area (Å²) < 4.78 is 57.9. The van der Waals surface area contributed by atoms with Gasteiger partial charge in [-0.1, -0.05) is 0 Å². The monoisotopic (exact) mass is 294 g/mol. The van der Waals surface area contributed by atoms with Crippen LogP contribution in [0.1, 0.15) is 13.8 Å². The van der Waals surface area contributed by atoms with E-state index < -0.39 is 32.1 Å². The minimum Gasteiger partial charge on any atom is -0.399 e. The Bertz CT molecular complexity index is 574. The normalized spacial score (nSPS) is 12.7. The molecule has 1 aromatic carbocycles. The van der Waals surface area contributed by atoms with Crippen molar-refractivity contribution in [3.05, 3.63) is 23.8 Å². The number of anilines is 1. The van der Waals surface area contributed by atoms with Crippen molar-refractivity contribution in [1.29, 1.82) is 0 Å². The van der Waals surface area contributed by atoms with Gasteiger partial charge >= 0.3 is 0 Å². The van der Waals surface area contributed by atoms with Gasteiger partial charge in [0.2, 0.25) is 10.0 Å². The van der Waals surface area contributed by atoms with E-state index in [1.54, 1.807) is 13.8 Å². The zero-order valence-corrected chi connectivity index (χ0v) is 11.6. The third-order valence-electron chi connectivity index (χ3n) is 2.22. The van der Waals surface area contributed by atoms with Crippen LogP contribution in [-0.2, 0) is 14.8 Å². The molecule has 1 aromatic rings. The molecule has 0 aliphatic rings. The van der Waals surface area contributed by atoms with Gasteiger partial charge in [0.05, 0.1) is 12.1 Å². The van der Waals surface area contributed by atoms with Crippen molar-refractivity contribution in [3.63, 3.8) is 0 Å². The average Bonchev–Trinajstić information content (AvgIpc) is 2.21. The molecule has 0 fully saturated rings. The maximum Gasteiger partial charge on any atom is 0.244 e. The van der Waals surface area contributed by atoms with Crippen molar-refractivity contribution in [2.45, 2.75) is 24.3 Å². The molecule has 0 unspecified atom stereocenters. The summed E-state index contributed by atoms with van der Waals surface area (Å²) in [5.74, 6) is -2.78. The van der Waals surface area contributed by atoms with Crippen LogP contribution in [0.15, 0.2) is 17.0 Å². The van der Waals surface area contributed by atoms with Crippen LogP contribution < -0.4 is 10.5 Å². The van der Waals surface area contributed by atoms with Crippen molar-refractivity contribution in [2.24, 2.45) is 0 Å². The Hall–Kier alpha value is -1.25. The number of sulfonamides is 1. The second-order valence-corrected chi connectivity index (χ2v) is 6.39. The number of hydrogen-bond donors (Lipinski definition) is 2. The van der Waals surface area contributed by atoms with Crippen LogP contribution in [0.3, 0.4) is 0 Å². The molecule has 0 saturated carbocycles. The van der Waals surface area contributed by atoms with Gasteiger partial charge in [-0.15, -0.1) is 0 Å². The highest BCUT2D eigenvalue weighted by atomic mass is 32.2. The molecule has 108 valence electrons. The first-order valence-electron chi connectivity index (χ1n) is 5.36. The molecule has 0 atom stereocenters. The van der Waals surface area contributed by atoms with E-state index >= 15 is 0 Å². The Morgan fingerprint density at radius 3 is 2.47 bits per heavy atom. The van der Waals surface area contributed by atoms with E-state index in [4.69, 9.17) is 10.5 Å². The number of rotatable bonds is 5. The molecule has 5 nitrogen and oxygen atoms in total. The van der Waals surface area contributed by atoms with Crippen LogP contribution in [0, 0.1) is 11.6 Å². The number of hydrogen-bond acceptors (Lipinski definition) is 4. The van der Waals surface area contributed by atoms with Crippen LogP contribution in [0.25, 0.3) is 0 Å². The van der Waals surface area contributed by atoms with E-state index in [2.05, 4.69) is 4.72 Å². The van der Waals surface area contributed by atoms with Crippen molar-refractivity contribution in [2.75, 3.05) is 19.5 Å². The fourth-order valence-electron chi connectivity index (χ4n) is 1.59. The van der Waals surface area contributed by atoms with E-state index in [0.717, 1.165) is 6.07 Å². The van der Waals surface area contributed by atoms with E-state index in [1.165, 1.54) is 7.11 Å². The second kappa shape index (κ2) is 5.40. The molecule has 0 heterocycles. The summed E-state index contributed by atoms with van der Waals surface area (Å²) in [6.07, 6.45) is 0. The maximum absolute atomic E-state index is 13.6. The van der Waals surface area contributed by atoms with Crippen LogP contribution >= 0.6 is 0 Å². The van der Waals surface area contributed by atoms with Gasteiger partial charge in [0, 0.05) is 12.8 Å². The highest BCUT2D eigenvalue weighted by Crippen LogP contribution is 2.22. The average molecular weight is 294 g/mol. The lowest BCUT2D eigenvalue weighted by atomic mass is 10.1. The van der Waals surface area contributed by atoms with E-state index in [9.17, 15) is 17.2 Å². The van der Waals surface area contributed by atoms with Gasteiger partial charge < -0.3 is 10.5 Å². The Morgan fingerprint density at radius 2 is 1.95 bits per heavy atom. The zero-order chi connectivity index (χ0) is 14.8. The quantitative estimate of drug-likeness (QED) is 0.801. The van der Waals surface area contributed by atoms with Crippen LogP contribution in [-0.4, -0.2) is 27.7 Å². The van der Waals surface area contributed by atoms with Crippen LogP contribution in [0.4, 0.5) is 14.5 Å². The fraction of sp³-hybridized carbons (Fsp3) is 0.455. The molecule has 0 spiro atoms. The summed E-state index contributed by atoms with van der Waals surface area (Å²) in [7, 11) is -2.84. The van der Waals surface area contributed by atoms with E-state index in [1.807, 2.05) is 0 Å². The molecule has 1 rings (SSSR count). The number of nitrogen functional groups attached to an aromatic ring is 1. The lowest BCUT2D eigenvalue weighted by Gasteiger charge is -2.25. The molecule has 8 heteroatoms. The largest absolute Gasteiger partial charge is 0.399 e. The van der Waals surface area contributed by atoms with Crippen LogP contribution in [0.2, 0.25) is 0 Å². The van der Waals surface area contributed by atoms with Crippen molar-refractivity contribution < 1.29 is 21.9 Å². The number of ether oxygens (including phenoxy) is 1. The third-order valence-corrected chi connectivity index (χ3v) is 3.92. The molecule has 19 heavy (non-hydrogen) atoms. The smallest absolute Gasteiger partial charge is 0.244 e. The second-order valence-electron chi connectivity index (χ2n) is 4.74. The number of nitrogens with one attached hydrogen (secondary N) is 1. The standard InChI is InChI=1S/C11H16F2N2O3S/c1-11(2,6-18-3)15-19(16,17)9-5-7(14)4-8(12)10(9)13/h4-5,15H,6,14H2,1-3H3. The molecule has 0 bridgehead atoms. The summed E-state index contributed by atoms with van der Waals surface area (Å²) in [6.45, 7) is 3.17. The Labute approximate surface area is 110 Å². The van der Waals surface area contributed by atoms with Gasteiger partial charge in [0.1, 0.15) is 4.90 Å². The third kappa shape index (κ3) is 3.85. The van der Waals surface area contributed by atoms with E-state index in [-0.39, 0.29) is 12.3 Å². The predicted octanol–water partition coefficient (Wildman–Crippen LogP) is 1.25. The highest BCUT2D eigenvalue weighted by molar-refractivity contribution is 7.89. The minimum absolute atomic E-state index is 0.0681. The summed E-state index contributed by atoms with van der Waals surface area (Å²) in [5, 5.41) is 0. The summed E-state index contributed by atoms with van der Waals surface area (Å²) >= 11 is 0. The lowest BCUT2D eigenvalue weighted by Crippen LogP contribution is -2.46. The molecule has 0 amide bonds. The van der Waals surface area contributed by atoms with Gasteiger partial charge in [-0.3, -0.25) is 0 Å². The maximum atomic E-state index is 13.6. The van der Waals surface area contributed by atoms with E-state index in [0.29, 0.717) is 6.07 Å². The Kier molecular flexibility index (Phi) is 4.49. The van der Waals surface area contributed by atoms with Gasteiger partial charge in [-0.25, -0.2) is 21.9 Å². The first kappa shape index (κ1) is 15.8. The van der Waals surface area contributed by atoms with Crippen molar-refractivity contribution in [1.82, 2.24) is 4.72 Å². The van der Waals surface area contributed by atoms with Crippen molar-refractivity contribution >= 4 is 15.7 Å². The lowest BCUT2D eigenvalue weighted by molar-refractivity contribution is 0.141.